The van der Waals surface area contributed by atoms with Gasteiger partial charge in [0.1, 0.15) is 6.61 Å². The van der Waals surface area contributed by atoms with Crippen LogP contribution < -0.4 is 5.32 Å². The molecule has 0 unspecified atom stereocenters. The molecule has 1 N–H and O–H groups in total. The first kappa shape index (κ1) is 15.3. The van der Waals surface area contributed by atoms with Crippen LogP contribution in [0.5, 0.6) is 0 Å². The smallest absolute Gasteiger partial charge is 0.213 e. The molecule has 0 bridgehead atoms. The predicted molar refractivity (Wildman–Crippen MR) is 95.3 cm³/mol. The highest BCUT2D eigenvalue weighted by molar-refractivity contribution is 6.01. The maximum absolute atomic E-state index is 5.66. The maximum atomic E-state index is 5.66. The Morgan fingerprint density at radius 2 is 1.70 bits per heavy atom. The topological polar surface area (TPSA) is 33.6 Å². The molecule has 118 valence electrons. The highest BCUT2D eigenvalue weighted by Gasteiger charge is 2.17. The lowest BCUT2D eigenvalue weighted by molar-refractivity contribution is 0.347. The molecule has 3 heteroatoms. The number of hydrogen-bond donors (Lipinski definition) is 1. The molecule has 0 fully saturated rings. The van der Waals surface area contributed by atoms with Crippen LogP contribution in [0.1, 0.15) is 31.0 Å². The lowest BCUT2D eigenvalue weighted by atomic mass is 10.0. The van der Waals surface area contributed by atoms with E-state index >= 15 is 0 Å². The molecular weight excluding hydrogens is 284 g/mol. The van der Waals surface area contributed by atoms with Gasteiger partial charge in [-0.15, -0.1) is 0 Å². The Morgan fingerprint density at radius 1 is 1.04 bits per heavy atom. The zero-order chi connectivity index (χ0) is 16.1. The quantitative estimate of drug-likeness (QED) is 0.898. The summed E-state index contributed by atoms with van der Waals surface area (Å²) >= 11 is 0. The summed E-state index contributed by atoms with van der Waals surface area (Å²) in [7, 11) is 0. The molecule has 0 aliphatic carbocycles. The van der Waals surface area contributed by atoms with E-state index in [9.17, 15) is 0 Å². The average molecular weight is 306 g/mol. The molecule has 2 aromatic rings. The van der Waals surface area contributed by atoms with Gasteiger partial charge in [-0.1, -0.05) is 60.7 Å². The second kappa shape index (κ2) is 7.14. The van der Waals surface area contributed by atoms with E-state index in [0.717, 1.165) is 29.3 Å². The SMILES string of the molecule is C/C(C1=NCCO1)=C(\N[C@@H](C)c1ccccc1)c1ccccc1. The van der Waals surface area contributed by atoms with Crippen LogP contribution in [0.3, 0.4) is 0 Å². The third-order valence-electron chi connectivity index (χ3n) is 4.00. The number of rotatable bonds is 5. The van der Waals surface area contributed by atoms with Crippen LogP contribution >= 0.6 is 0 Å². The van der Waals surface area contributed by atoms with Gasteiger partial charge in [0, 0.05) is 11.6 Å². The van der Waals surface area contributed by atoms with Crippen LogP contribution in [0.15, 0.2) is 71.2 Å². The summed E-state index contributed by atoms with van der Waals surface area (Å²) in [6, 6.07) is 21.0. The molecule has 0 radical (unpaired) electrons. The van der Waals surface area contributed by atoms with E-state index in [0.29, 0.717) is 6.61 Å². The van der Waals surface area contributed by atoms with Crippen molar-refractivity contribution in [3.8, 4) is 0 Å². The third-order valence-corrected chi connectivity index (χ3v) is 4.00. The first-order chi connectivity index (χ1) is 11.3. The molecule has 0 amide bonds. The Hall–Kier alpha value is -2.55. The van der Waals surface area contributed by atoms with E-state index in [1.807, 2.05) is 12.1 Å². The Labute approximate surface area is 137 Å². The molecule has 23 heavy (non-hydrogen) atoms. The molecule has 3 nitrogen and oxygen atoms in total. The van der Waals surface area contributed by atoms with Crippen LogP contribution in [0.25, 0.3) is 5.70 Å². The van der Waals surface area contributed by atoms with Crippen molar-refractivity contribution in [2.75, 3.05) is 13.2 Å². The minimum Gasteiger partial charge on any atom is -0.476 e. The van der Waals surface area contributed by atoms with Crippen molar-refractivity contribution in [2.45, 2.75) is 19.9 Å². The normalized spacial score (nSPS) is 16.2. The Balaban J connectivity index is 1.94. The summed E-state index contributed by atoms with van der Waals surface area (Å²) in [5.41, 5.74) is 4.52. The molecule has 1 aliphatic rings. The van der Waals surface area contributed by atoms with Crippen molar-refractivity contribution < 1.29 is 4.74 Å². The first-order valence-corrected chi connectivity index (χ1v) is 8.01. The number of aliphatic imine (C=N–C) groups is 1. The minimum atomic E-state index is 0.198. The number of nitrogens with one attached hydrogen (secondary N) is 1. The zero-order valence-corrected chi connectivity index (χ0v) is 13.6. The monoisotopic (exact) mass is 306 g/mol. The van der Waals surface area contributed by atoms with Crippen molar-refractivity contribution in [1.29, 1.82) is 0 Å². The summed E-state index contributed by atoms with van der Waals surface area (Å²) in [5, 5.41) is 3.64. The van der Waals surface area contributed by atoms with E-state index in [2.05, 4.69) is 72.7 Å². The Kier molecular flexibility index (Phi) is 4.77. The van der Waals surface area contributed by atoms with Crippen molar-refractivity contribution in [3.63, 3.8) is 0 Å². The molecule has 0 spiro atoms. The summed E-state index contributed by atoms with van der Waals surface area (Å²) in [5.74, 6) is 0.747. The lowest BCUT2D eigenvalue weighted by Gasteiger charge is -2.21. The molecule has 1 atom stereocenters. The lowest BCUT2D eigenvalue weighted by Crippen LogP contribution is -2.20. The van der Waals surface area contributed by atoms with Gasteiger partial charge >= 0.3 is 0 Å². The van der Waals surface area contributed by atoms with Crippen LogP contribution in [0.4, 0.5) is 0 Å². The van der Waals surface area contributed by atoms with E-state index in [-0.39, 0.29) is 6.04 Å². The highest BCUT2D eigenvalue weighted by Crippen LogP contribution is 2.23. The van der Waals surface area contributed by atoms with Gasteiger partial charge in [-0.25, -0.2) is 4.99 Å². The van der Waals surface area contributed by atoms with Gasteiger partial charge in [0.2, 0.25) is 5.90 Å². The molecule has 3 rings (SSSR count). The third kappa shape index (κ3) is 3.62. The molecule has 1 heterocycles. The zero-order valence-electron chi connectivity index (χ0n) is 13.6. The van der Waals surface area contributed by atoms with Crippen molar-refractivity contribution >= 4 is 11.6 Å². The van der Waals surface area contributed by atoms with Gasteiger partial charge in [-0.05, 0) is 25.0 Å². The fourth-order valence-corrected chi connectivity index (χ4v) is 2.72. The van der Waals surface area contributed by atoms with Crippen LogP contribution in [-0.2, 0) is 4.74 Å². The first-order valence-electron chi connectivity index (χ1n) is 8.01. The second-order valence-corrected chi connectivity index (χ2v) is 5.68. The largest absolute Gasteiger partial charge is 0.476 e. The van der Waals surface area contributed by atoms with Gasteiger partial charge in [-0.2, -0.15) is 0 Å². The Bertz CT molecular complexity index is 705. The molecule has 0 saturated heterocycles. The maximum Gasteiger partial charge on any atom is 0.213 e. The molecule has 0 saturated carbocycles. The van der Waals surface area contributed by atoms with Gasteiger partial charge in [0.25, 0.3) is 0 Å². The molecule has 1 aliphatic heterocycles. The van der Waals surface area contributed by atoms with Crippen LogP contribution in [-0.4, -0.2) is 19.0 Å². The molecular formula is C20H22N2O. The average Bonchev–Trinajstić information content (AvgIpc) is 3.15. The van der Waals surface area contributed by atoms with E-state index in [1.54, 1.807) is 0 Å². The fraction of sp³-hybridized carbons (Fsp3) is 0.250. The summed E-state index contributed by atoms with van der Waals surface area (Å²) < 4.78 is 5.66. The van der Waals surface area contributed by atoms with E-state index in [4.69, 9.17) is 4.74 Å². The van der Waals surface area contributed by atoms with Gasteiger partial charge in [0.15, 0.2) is 0 Å². The van der Waals surface area contributed by atoms with Crippen molar-refractivity contribution in [2.24, 2.45) is 4.99 Å². The van der Waals surface area contributed by atoms with Crippen LogP contribution in [0, 0.1) is 0 Å². The Morgan fingerprint density at radius 3 is 2.30 bits per heavy atom. The van der Waals surface area contributed by atoms with E-state index in [1.165, 1.54) is 5.56 Å². The molecule has 2 aromatic carbocycles. The number of nitrogens with zero attached hydrogens (tertiary/aromatic N) is 1. The summed E-state index contributed by atoms with van der Waals surface area (Å²) in [4.78, 5) is 4.46. The van der Waals surface area contributed by atoms with Gasteiger partial charge in [0.05, 0.1) is 12.2 Å². The minimum absolute atomic E-state index is 0.198. The standard InChI is InChI=1S/C20H22N2O/c1-15(20-21-13-14-23-20)19(18-11-7-4-8-12-18)22-16(2)17-9-5-3-6-10-17/h3-12,16,22H,13-14H2,1-2H3/b19-15+/t16-/m0/s1. The van der Waals surface area contributed by atoms with Crippen molar-refractivity contribution in [3.05, 3.63) is 77.4 Å². The predicted octanol–water partition coefficient (Wildman–Crippen LogP) is 4.20. The molecule has 0 aromatic heterocycles. The van der Waals surface area contributed by atoms with E-state index < -0.39 is 0 Å². The second-order valence-electron chi connectivity index (χ2n) is 5.68. The number of hydrogen-bond acceptors (Lipinski definition) is 3. The summed E-state index contributed by atoms with van der Waals surface area (Å²) in [6.07, 6.45) is 0. The van der Waals surface area contributed by atoms with Crippen LogP contribution in [0.2, 0.25) is 0 Å². The number of benzene rings is 2. The van der Waals surface area contributed by atoms with Gasteiger partial charge in [-0.3, -0.25) is 0 Å². The van der Waals surface area contributed by atoms with Crippen molar-refractivity contribution in [1.82, 2.24) is 5.32 Å². The van der Waals surface area contributed by atoms with Gasteiger partial charge < -0.3 is 10.1 Å². The number of ether oxygens (including phenoxy) is 1. The summed E-state index contributed by atoms with van der Waals surface area (Å²) in [6.45, 7) is 5.64. The fourth-order valence-electron chi connectivity index (χ4n) is 2.72. The highest BCUT2D eigenvalue weighted by atomic mass is 16.5.